The van der Waals surface area contributed by atoms with Gasteiger partial charge in [-0.15, -0.1) is 0 Å². The molecule has 1 fully saturated rings. The Morgan fingerprint density at radius 1 is 0.829 bits per heavy atom. The minimum atomic E-state index is -0.302. The third kappa shape index (κ3) is 4.85. The number of piperidine rings is 1. The van der Waals surface area contributed by atoms with Crippen molar-refractivity contribution in [2.75, 3.05) is 23.3 Å². The van der Waals surface area contributed by atoms with Crippen molar-refractivity contribution in [3.63, 3.8) is 0 Å². The minimum Gasteiger partial charge on any atom is -0.372 e. The first-order valence-corrected chi connectivity index (χ1v) is 12.3. The quantitative estimate of drug-likeness (QED) is 0.480. The van der Waals surface area contributed by atoms with Crippen molar-refractivity contribution in [3.8, 4) is 0 Å². The summed E-state index contributed by atoms with van der Waals surface area (Å²) in [6.45, 7) is 6.71. The van der Waals surface area contributed by atoms with Crippen LogP contribution in [0.4, 0.5) is 11.4 Å². The van der Waals surface area contributed by atoms with Crippen LogP contribution in [0.2, 0.25) is 0 Å². The van der Waals surface area contributed by atoms with Crippen molar-refractivity contribution in [1.29, 1.82) is 0 Å². The predicted octanol–water partition coefficient (Wildman–Crippen LogP) is 5.62. The molecule has 5 nitrogen and oxygen atoms in total. The molecule has 0 bridgehead atoms. The van der Waals surface area contributed by atoms with Gasteiger partial charge in [0.2, 0.25) is 0 Å². The molecule has 2 aliphatic heterocycles. The van der Waals surface area contributed by atoms with E-state index in [0.717, 1.165) is 41.4 Å². The van der Waals surface area contributed by atoms with Crippen molar-refractivity contribution in [2.45, 2.75) is 33.2 Å². The van der Waals surface area contributed by atoms with Crippen LogP contribution in [-0.4, -0.2) is 29.8 Å². The van der Waals surface area contributed by atoms with Gasteiger partial charge < -0.3 is 10.2 Å². The number of rotatable bonds is 6. The molecule has 5 rings (SSSR count). The van der Waals surface area contributed by atoms with E-state index in [-0.39, 0.29) is 18.4 Å². The topological polar surface area (TPSA) is 52.7 Å². The molecule has 1 saturated heterocycles. The maximum absolute atomic E-state index is 13.5. The monoisotopic (exact) mass is 465 g/mol. The number of aryl methyl sites for hydroxylation is 1. The first kappa shape index (κ1) is 22.9. The van der Waals surface area contributed by atoms with Gasteiger partial charge in [0, 0.05) is 24.5 Å². The average molecular weight is 466 g/mol. The number of benzene rings is 3. The lowest BCUT2D eigenvalue weighted by molar-refractivity contribution is -0.137. The number of carbonyl (C=O) groups is 2. The van der Waals surface area contributed by atoms with E-state index in [2.05, 4.69) is 29.3 Å². The summed E-state index contributed by atoms with van der Waals surface area (Å²) in [6.07, 6.45) is 2.42. The molecular weight excluding hydrogens is 434 g/mol. The second-order valence-corrected chi connectivity index (χ2v) is 9.64. The average Bonchev–Trinajstić information content (AvgIpc) is 3.11. The SMILES string of the molecule is Cc1ccc(CN2C(=O)C(Nc3ccc(N4CCC(C)CC4)cc3)=C(c3ccccc3)C2=O)cc1. The van der Waals surface area contributed by atoms with Crippen LogP contribution in [0.25, 0.3) is 5.57 Å². The Labute approximate surface area is 207 Å². The van der Waals surface area contributed by atoms with Crippen LogP contribution in [0.5, 0.6) is 0 Å². The van der Waals surface area contributed by atoms with E-state index in [0.29, 0.717) is 11.3 Å². The molecule has 0 aliphatic carbocycles. The molecule has 2 amide bonds. The van der Waals surface area contributed by atoms with Gasteiger partial charge >= 0.3 is 0 Å². The van der Waals surface area contributed by atoms with E-state index in [1.54, 1.807) is 0 Å². The van der Waals surface area contributed by atoms with Crippen molar-refractivity contribution in [1.82, 2.24) is 4.90 Å². The molecule has 0 unspecified atom stereocenters. The first-order valence-electron chi connectivity index (χ1n) is 12.3. The Balaban J connectivity index is 1.41. The lowest BCUT2D eigenvalue weighted by Crippen LogP contribution is -2.32. The van der Waals surface area contributed by atoms with Gasteiger partial charge in [-0.2, -0.15) is 0 Å². The van der Waals surface area contributed by atoms with E-state index in [9.17, 15) is 9.59 Å². The van der Waals surface area contributed by atoms with E-state index >= 15 is 0 Å². The largest absolute Gasteiger partial charge is 0.372 e. The maximum Gasteiger partial charge on any atom is 0.278 e. The minimum absolute atomic E-state index is 0.242. The standard InChI is InChI=1S/C30H31N3O2/c1-21-8-10-23(11-9-21)20-33-29(34)27(24-6-4-3-5-7-24)28(30(33)35)31-25-12-14-26(15-13-25)32-18-16-22(2)17-19-32/h3-15,22,31H,16-20H2,1-2H3. The fourth-order valence-corrected chi connectivity index (χ4v) is 4.75. The van der Waals surface area contributed by atoms with Crippen LogP contribution in [0.1, 0.15) is 36.5 Å². The van der Waals surface area contributed by atoms with Crippen LogP contribution in [-0.2, 0) is 16.1 Å². The van der Waals surface area contributed by atoms with E-state index in [4.69, 9.17) is 0 Å². The summed E-state index contributed by atoms with van der Waals surface area (Å²) in [5.74, 6) is 0.205. The van der Waals surface area contributed by atoms with Gasteiger partial charge in [-0.1, -0.05) is 67.1 Å². The lowest BCUT2D eigenvalue weighted by Gasteiger charge is -2.32. The number of anilines is 2. The van der Waals surface area contributed by atoms with Gasteiger partial charge in [-0.25, -0.2) is 0 Å². The Kier molecular flexibility index (Phi) is 6.41. The molecule has 0 aromatic heterocycles. The summed E-state index contributed by atoms with van der Waals surface area (Å²) in [5.41, 5.74) is 5.52. The van der Waals surface area contributed by atoms with Crippen LogP contribution >= 0.6 is 0 Å². The molecule has 0 saturated carbocycles. The lowest BCUT2D eigenvalue weighted by atomic mass is 9.99. The number of hydrogen-bond acceptors (Lipinski definition) is 4. The van der Waals surface area contributed by atoms with Crippen molar-refractivity contribution in [3.05, 3.63) is 101 Å². The normalized spacial score (nSPS) is 16.9. The van der Waals surface area contributed by atoms with Crippen molar-refractivity contribution in [2.24, 2.45) is 5.92 Å². The highest BCUT2D eigenvalue weighted by molar-refractivity contribution is 6.36. The Morgan fingerprint density at radius 2 is 1.49 bits per heavy atom. The van der Waals surface area contributed by atoms with Crippen LogP contribution in [0.3, 0.4) is 0 Å². The molecule has 178 valence electrons. The third-order valence-electron chi connectivity index (χ3n) is 6.98. The number of nitrogens with zero attached hydrogens (tertiary/aromatic N) is 2. The molecular formula is C30H31N3O2. The van der Waals surface area contributed by atoms with Gasteiger partial charge in [-0.3, -0.25) is 14.5 Å². The first-order chi connectivity index (χ1) is 17.0. The number of amides is 2. The van der Waals surface area contributed by atoms with Crippen LogP contribution in [0.15, 0.2) is 84.6 Å². The van der Waals surface area contributed by atoms with E-state index in [1.165, 1.54) is 23.4 Å². The second-order valence-electron chi connectivity index (χ2n) is 9.64. The maximum atomic E-state index is 13.5. The summed E-state index contributed by atoms with van der Waals surface area (Å²) in [6, 6.07) is 25.5. The van der Waals surface area contributed by atoms with Gasteiger partial charge in [0.1, 0.15) is 5.70 Å². The summed E-state index contributed by atoms with van der Waals surface area (Å²) in [5, 5.41) is 3.28. The zero-order valence-corrected chi connectivity index (χ0v) is 20.3. The van der Waals surface area contributed by atoms with Gasteiger partial charge in [-0.05, 0) is 61.1 Å². The Morgan fingerprint density at radius 3 is 2.14 bits per heavy atom. The third-order valence-corrected chi connectivity index (χ3v) is 6.98. The molecule has 35 heavy (non-hydrogen) atoms. The summed E-state index contributed by atoms with van der Waals surface area (Å²) < 4.78 is 0. The van der Waals surface area contributed by atoms with Crippen molar-refractivity contribution >= 4 is 28.8 Å². The molecule has 3 aromatic carbocycles. The number of imide groups is 1. The van der Waals surface area contributed by atoms with Crippen molar-refractivity contribution < 1.29 is 9.59 Å². The zero-order valence-electron chi connectivity index (χ0n) is 20.3. The highest BCUT2D eigenvalue weighted by Crippen LogP contribution is 2.32. The molecule has 2 aliphatic rings. The Bertz CT molecular complexity index is 1240. The van der Waals surface area contributed by atoms with Crippen LogP contribution < -0.4 is 10.2 Å². The predicted molar refractivity (Wildman–Crippen MR) is 141 cm³/mol. The number of carbonyl (C=O) groups excluding carboxylic acids is 2. The highest BCUT2D eigenvalue weighted by Gasteiger charge is 2.39. The van der Waals surface area contributed by atoms with E-state index in [1.807, 2.05) is 73.7 Å². The molecule has 3 aromatic rings. The zero-order chi connectivity index (χ0) is 24.4. The van der Waals surface area contributed by atoms with Gasteiger partial charge in [0.15, 0.2) is 0 Å². The summed E-state index contributed by atoms with van der Waals surface area (Å²) in [4.78, 5) is 30.7. The second kappa shape index (κ2) is 9.79. The highest BCUT2D eigenvalue weighted by atomic mass is 16.2. The van der Waals surface area contributed by atoms with E-state index < -0.39 is 0 Å². The summed E-state index contributed by atoms with van der Waals surface area (Å²) in [7, 11) is 0. The number of nitrogens with one attached hydrogen (secondary N) is 1. The molecule has 2 heterocycles. The van der Waals surface area contributed by atoms with Gasteiger partial charge in [0.25, 0.3) is 11.8 Å². The molecule has 0 radical (unpaired) electrons. The fraction of sp³-hybridized carbons (Fsp3) is 0.267. The number of hydrogen-bond donors (Lipinski definition) is 1. The smallest absolute Gasteiger partial charge is 0.278 e. The fourth-order valence-electron chi connectivity index (χ4n) is 4.75. The van der Waals surface area contributed by atoms with Gasteiger partial charge in [0.05, 0.1) is 12.1 Å². The van der Waals surface area contributed by atoms with Crippen LogP contribution in [0, 0.1) is 12.8 Å². The molecule has 0 spiro atoms. The molecule has 1 N–H and O–H groups in total. The summed E-state index contributed by atoms with van der Waals surface area (Å²) >= 11 is 0. The Hall–Kier alpha value is -3.86. The molecule has 0 atom stereocenters. The molecule has 5 heteroatoms.